The lowest BCUT2D eigenvalue weighted by atomic mass is 10.2. The number of rotatable bonds is 2. The average Bonchev–Trinajstić information content (AvgIpc) is 2.16. The molecule has 82 valence electrons. The van der Waals surface area contributed by atoms with E-state index < -0.39 is 18.0 Å². The van der Waals surface area contributed by atoms with Crippen LogP contribution < -0.4 is 0 Å². The van der Waals surface area contributed by atoms with Crippen LogP contribution in [0.5, 0.6) is 0 Å². The fraction of sp³-hybridized carbons (Fsp3) is 0.250. The molecular formula is C8H5BrClF2NO2. The van der Waals surface area contributed by atoms with Crippen LogP contribution in [0.25, 0.3) is 0 Å². The number of methoxy groups -OCH3 is 1. The van der Waals surface area contributed by atoms with E-state index in [1.54, 1.807) is 0 Å². The lowest BCUT2D eigenvalue weighted by Crippen LogP contribution is -2.06. The van der Waals surface area contributed by atoms with Gasteiger partial charge in [0.25, 0.3) is 6.43 Å². The summed E-state index contributed by atoms with van der Waals surface area (Å²) in [7, 11) is 1.13. The standard InChI is InChI=1S/C8H5BrClF2NO2/c1-15-8(14)4-5(10)3(7(11)12)2-13-6(4)9/h2,7H,1H3. The maximum Gasteiger partial charge on any atom is 0.342 e. The Balaban J connectivity index is 3.36. The second kappa shape index (κ2) is 4.85. The number of hydrogen-bond acceptors (Lipinski definition) is 3. The van der Waals surface area contributed by atoms with Crippen LogP contribution in [0.3, 0.4) is 0 Å². The Hall–Kier alpha value is -0.750. The van der Waals surface area contributed by atoms with Crippen LogP contribution in [0.2, 0.25) is 5.02 Å². The normalized spacial score (nSPS) is 10.5. The van der Waals surface area contributed by atoms with Crippen molar-refractivity contribution in [3.8, 4) is 0 Å². The molecule has 1 rings (SSSR count). The summed E-state index contributed by atoms with van der Waals surface area (Å²) in [5, 5.41) is -0.348. The molecule has 0 aliphatic heterocycles. The van der Waals surface area contributed by atoms with E-state index in [-0.39, 0.29) is 15.2 Å². The molecule has 0 atom stereocenters. The summed E-state index contributed by atoms with van der Waals surface area (Å²) in [5.74, 6) is -0.818. The summed E-state index contributed by atoms with van der Waals surface area (Å²) in [6.45, 7) is 0. The van der Waals surface area contributed by atoms with Crippen LogP contribution in [0.4, 0.5) is 8.78 Å². The minimum atomic E-state index is -2.79. The van der Waals surface area contributed by atoms with Crippen molar-refractivity contribution >= 4 is 33.5 Å². The van der Waals surface area contributed by atoms with Gasteiger partial charge in [0.05, 0.1) is 17.7 Å². The highest BCUT2D eigenvalue weighted by atomic mass is 79.9. The molecule has 15 heavy (non-hydrogen) atoms. The molecule has 0 spiro atoms. The molecule has 0 aliphatic carbocycles. The van der Waals surface area contributed by atoms with Crippen molar-refractivity contribution in [1.29, 1.82) is 0 Å². The van der Waals surface area contributed by atoms with Gasteiger partial charge in [0.1, 0.15) is 10.2 Å². The smallest absolute Gasteiger partial charge is 0.342 e. The first-order valence-corrected chi connectivity index (χ1v) is 4.86. The first-order valence-electron chi connectivity index (χ1n) is 3.69. The highest BCUT2D eigenvalue weighted by Gasteiger charge is 2.23. The van der Waals surface area contributed by atoms with Crippen molar-refractivity contribution in [2.45, 2.75) is 6.43 Å². The SMILES string of the molecule is COC(=O)c1c(Br)ncc(C(F)F)c1Cl. The van der Waals surface area contributed by atoms with Gasteiger partial charge in [-0.05, 0) is 15.9 Å². The van der Waals surface area contributed by atoms with Gasteiger partial charge in [0.15, 0.2) is 0 Å². The molecule has 7 heteroatoms. The number of esters is 1. The summed E-state index contributed by atoms with van der Waals surface area (Å²) in [6.07, 6.45) is -1.88. The Kier molecular flexibility index (Phi) is 3.98. The van der Waals surface area contributed by atoms with E-state index in [1.165, 1.54) is 0 Å². The molecule has 0 aliphatic rings. The number of aromatic nitrogens is 1. The summed E-state index contributed by atoms with van der Waals surface area (Å²) in [4.78, 5) is 14.8. The topological polar surface area (TPSA) is 39.2 Å². The molecule has 0 aromatic carbocycles. The zero-order valence-corrected chi connectivity index (χ0v) is 9.77. The third-order valence-corrected chi connectivity index (χ3v) is 2.63. The van der Waals surface area contributed by atoms with Crippen molar-refractivity contribution in [3.05, 3.63) is 26.9 Å². The summed E-state index contributed by atoms with van der Waals surface area (Å²) in [5.41, 5.74) is -0.697. The van der Waals surface area contributed by atoms with Crippen LogP contribution in [-0.4, -0.2) is 18.1 Å². The second-order valence-corrected chi connectivity index (χ2v) is 3.61. The predicted octanol–water partition coefficient (Wildman–Crippen LogP) is 3.22. The molecule has 0 amide bonds. The number of hydrogen-bond donors (Lipinski definition) is 0. The highest BCUT2D eigenvalue weighted by Crippen LogP contribution is 2.32. The maximum atomic E-state index is 12.4. The summed E-state index contributed by atoms with van der Waals surface area (Å²) < 4.78 is 29.3. The third kappa shape index (κ3) is 2.43. The van der Waals surface area contributed by atoms with Gasteiger partial charge in [0, 0.05) is 6.20 Å². The number of nitrogens with zero attached hydrogens (tertiary/aromatic N) is 1. The lowest BCUT2D eigenvalue weighted by molar-refractivity contribution is 0.0598. The molecule has 0 N–H and O–H groups in total. The van der Waals surface area contributed by atoms with E-state index in [1.807, 2.05) is 0 Å². The molecule has 3 nitrogen and oxygen atoms in total. The van der Waals surface area contributed by atoms with E-state index in [0.717, 1.165) is 13.3 Å². The molecular weight excluding hydrogens is 295 g/mol. The van der Waals surface area contributed by atoms with Gasteiger partial charge < -0.3 is 4.74 Å². The Labute approximate surface area is 97.5 Å². The summed E-state index contributed by atoms with van der Waals surface area (Å²) >= 11 is 8.56. The van der Waals surface area contributed by atoms with Gasteiger partial charge in [-0.1, -0.05) is 11.6 Å². The highest BCUT2D eigenvalue weighted by molar-refractivity contribution is 9.10. The van der Waals surface area contributed by atoms with Gasteiger partial charge in [-0.3, -0.25) is 0 Å². The van der Waals surface area contributed by atoms with E-state index in [2.05, 4.69) is 25.7 Å². The lowest BCUT2D eigenvalue weighted by Gasteiger charge is -2.08. The van der Waals surface area contributed by atoms with Gasteiger partial charge in [-0.25, -0.2) is 18.6 Å². The number of halogens is 4. The van der Waals surface area contributed by atoms with Crippen LogP contribution in [0, 0.1) is 0 Å². The molecule has 1 heterocycles. The zero-order valence-electron chi connectivity index (χ0n) is 7.43. The molecule has 0 saturated heterocycles. The number of pyridine rings is 1. The Morgan fingerprint density at radius 1 is 1.67 bits per heavy atom. The Morgan fingerprint density at radius 2 is 2.27 bits per heavy atom. The van der Waals surface area contributed by atoms with Crippen LogP contribution >= 0.6 is 27.5 Å². The predicted molar refractivity (Wildman–Crippen MR) is 53.2 cm³/mol. The van der Waals surface area contributed by atoms with Crippen molar-refractivity contribution in [2.75, 3.05) is 7.11 Å². The minimum absolute atomic E-state index is 0.0729. The minimum Gasteiger partial charge on any atom is -0.465 e. The van der Waals surface area contributed by atoms with Gasteiger partial charge >= 0.3 is 5.97 Å². The van der Waals surface area contributed by atoms with Gasteiger partial charge in [-0.15, -0.1) is 0 Å². The Bertz CT molecular complexity index is 400. The van der Waals surface area contributed by atoms with Crippen molar-refractivity contribution in [3.63, 3.8) is 0 Å². The fourth-order valence-corrected chi connectivity index (χ4v) is 1.78. The van der Waals surface area contributed by atoms with Crippen molar-refractivity contribution in [1.82, 2.24) is 4.98 Å². The number of alkyl halides is 2. The average molecular weight is 300 g/mol. The maximum absolute atomic E-state index is 12.4. The number of carbonyl (C=O) groups is 1. The van der Waals surface area contributed by atoms with E-state index in [9.17, 15) is 13.6 Å². The van der Waals surface area contributed by atoms with E-state index in [4.69, 9.17) is 11.6 Å². The largest absolute Gasteiger partial charge is 0.465 e. The zero-order chi connectivity index (χ0) is 11.6. The van der Waals surface area contributed by atoms with Gasteiger partial charge in [0.2, 0.25) is 0 Å². The van der Waals surface area contributed by atoms with Crippen LogP contribution in [-0.2, 0) is 4.74 Å². The first kappa shape index (κ1) is 12.3. The molecule has 1 aromatic rings. The molecule has 0 unspecified atom stereocenters. The first-order chi connectivity index (χ1) is 6.99. The second-order valence-electron chi connectivity index (χ2n) is 2.49. The number of carbonyl (C=O) groups excluding carboxylic acids is 1. The van der Waals surface area contributed by atoms with Crippen LogP contribution in [0.15, 0.2) is 10.8 Å². The molecule has 1 aromatic heterocycles. The van der Waals surface area contributed by atoms with Crippen molar-refractivity contribution in [2.24, 2.45) is 0 Å². The third-order valence-electron chi connectivity index (χ3n) is 1.62. The molecule has 0 radical (unpaired) electrons. The number of ether oxygens (including phenoxy) is 1. The van der Waals surface area contributed by atoms with Crippen molar-refractivity contribution < 1.29 is 18.3 Å². The van der Waals surface area contributed by atoms with Gasteiger partial charge in [-0.2, -0.15) is 0 Å². The summed E-state index contributed by atoms with van der Waals surface area (Å²) in [6, 6.07) is 0. The van der Waals surface area contributed by atoms with E-state index >= 15 is 0 Å². The molecule has 0 bridgehead atoms. The Morgan fingerprint density at radius 3 is 2.73 bits per heavy atom. The van der Waals surface area contributed by atoms with E-state index in [0.29, 0.717) is 0 Å². The monoisotopic (exact) mass is 299 g/mol. The quantitative estimate of drug-likeness (QED) is 0.622. The fourth-order valence-electron chi connectivity index (χ4n) is 0.910. The molecule has 0 saturated carbocycles. The van der Waals surface area contributed by atoms with Crippen LogP contribution in [0.1, 0.15) is 22.3 Å². The molecule has 0 fully saturated rings.